The second kappa shape index (κ2) is 5.95. The van der Waals surface area contributed by atoms with E-state index < -0.39 is 0 Å². The molecule has 1 fully saturated rings. The molecule has 0 radical (unpaired) electrons. The van der Waals surface area contributed by atoms with E-state index in [1.807, 2.05) is 47.4 Å². The highest BCUT2D eigenvalue weighted by molar-refractivity contribution is 5.98. The van der Waals surface area contributed by atoms with Gasteiger partial charge in [0.25, 0.3) is 5.91 Å². The number of benzene rings is 2. The number of fused-ring (bicyclic) bond motifs is 2. The molecule has 0 saturated carbocycles. The van der Waals surface area contributed by atoms with Crippen molar-refractivity contribution in [3.05, 3.63) is 48.0 Å². The van der Waals surface area contributed by atoms with Crippen molar-refractivity contribution < 1.29 is 4.79 Å². The molecule has 1 aliphatic heterocycles. The maximum Gasteiger partial charge on any atom is 0.253 e. The summed E-state index contributed by atoms with van der Waals surface area (Å²) < 4.78 is 0. The van der Waals surface area contributed by atoms with Crippen LogP contribution in [0.4, 0.5) is 0 Å². The Morgan fingerprint density at radius 3 is 2.09 bits per heavy atom. The summed E-state index contributed by atoms with van der Waals surface area (Å²) in [6, 6.07) is 13.5. The number of nitrogens with zero attached hydrogens (tertiary/aromatic N) is 3. The summed E-state index contributed by atoms with van der Waals surface area (Å²) in [4.78, 5) is 24.0. The minimum absolute atomic E-state index is 0.115. The van der Waals surface area contributed by atoms with E-state index in [9.17, 15) is 4.79 Å². The number of para-hydroxylation sites is 2. The Morgan fingerprint density at radius 2 is 1.39 bits per heavy atom. The lowest BCUT2D eigenvalue weighted by Crippen LogP contribution is -2.31. The van der Waals surface area contributed by atoms with Crippen molar-refractivity contribution in [1.29, 1.82) is 0 Å². The molecule has 2 aromatic carbocycles. The fourth-order valence-corrected chi connectivity index (χ4v) is 3.21. The third-order valence-electron chi connectivity index (χ3n) is 4.48. The Kier molecular flexibility index (Phi) is 3.66. The van der Waals surface area contributed by atoms with Gasteiger partial charge in [0.15, 0.2) is 0 Å². The summed E-state index contributed by atoms with van der Waals surface area (Å²) in [5.41, 5.74) is 4.07. The lowest BCUT2D eigenvalue weighted by Gasteiger charge is -2.20. The summed E-state index contributed by atoms with van der Waals surface area (Å²) in [6.45, 7) is 1.72. The SMILES string of the molecule is O=C(c1ccc2nc3ccccc3nc2c1)N1CCCCCC1. The van der Waals surface area contributed by atoms with Crippen molar-refractivity contribution in [2.45, 2.75) is 25.7 Å². The van der Waals surface area contributed by atoms with Crippen molar-refractivity contribution >= 4 is 28.0 Å². The second-order valence-electron chi connectivity index (χ2n) is 6.12. The second-order valence-corrected chi connectivity index (χ2v) is 6.12. The third-order valence-corrected chi connectivity index (χ3v) is 4.48. The summed E-state index contributed by atoms with van der Waals surface area (Å²) in [6.07, 6.45) is 4.64. The predicted octanol–water partition coefficient (Wildman–Crippen LogP) is 3.80. The zero-order valence-electron chi connectivity index (χ0n) is 13.0. The van der Waals surface area contributed by atoms with E-state index in [0.29, 0.717) is 5.56 Å². The van der Waals surface area contributed by atoms with E-state index in [2.05, 4.69) is 9.97 Å². The fraction of sp³-hybridized carbons (Fsp3) is 0.316. The topological polar surface area (TPSA) is 46.1 Å². The van der Waals surface area contributed by atoms with Crippen LogP contribution in [0, 0.1) is 0 Å². The molecule has 4 nitrogen and oxygen atoms in total. The van der Waals surface area contributed by atoms with Gasteiger partial charge in [0.2, 0.25) is 0 Å². The summed E-state index contributed by atoms with van der Waals surface area (Å²) in [7, 11) is 0. The molecule has 2 heterocycles. The van der Waals surface area contributed by atoms with Crippen LogP contribution >= 0.6 is 0 Å². The fourth-order valence-electron chi connectivity index (χ4n) is 3.21. The standard InChI is InChI=1S/C19H19N3O/c23-19(22-11-5-1-2-6-12-22)14-9-10-17-18(13-14)21-16-8-4-3-7-15(16)20-17/h3-4,7-10,13H,1-2,5-6,11-12H2. The Labute approximate surface area is 135 Å². The number of hydrogen-bond donors (Lipinski definition) is 0. The minimum Gasteiger partial charge on any atom is -0.339 e. The first-order valence-corrected chi connectivity index (χ1v) is 8.27. The number of hydrogen-bond acceptors (Lipinski definition) is 3. The quantitative estimate of drug-likeness (QED) is 0.642. The first kappa shape index (κ1) is 14.1. The van der Waals surface area contributed by atoms with Crippen LogP contribution in [0.1, 0.15) is 36.0 Å². The Morgan fingerprint density at radius 1 is 0.783 bits per heavy atom. The molecule has 0 spiro atoms. The van der Waals surface area contributed by atoms with Gasteiger partial charge in [-0.15, -0.1) is 0 Å². The Balaban J connectivity index is 1.72. The first-order chi connectivity index (χ1) is 11.3. The van der Waals surface area contributed by atoms with Gasteiger partial charge in [-0.3, -0.25) is 4.79 Å². The summed E-state index contributed by atoms with van der Waals surface area (Å²) in [5, 5.41) is 0. The number of aromatic nitrogens is 2. The van der Waals surface area contributed by atoms with Crippen molar-refractivity contribution in [2.24, 2.45) is 0 Å². The number of carbonyl (C=O) groups is 1. The van der Waals surface area contributed by atoms with Crippen LogP contribution in [0.2, 0.25) is 0 Å². The maximum atomic E-state index is 12.7. The highest BCUT2D eigenvalue weighted by atomic mass is 16.2. The van der Waals surface area contributed by atoms with Crippen LogP contribution in [0.3, 0.4) is 0 Å². The van der Waals surface area contributed by atoms with E-state index >= 15 is 0 Å². The maximum absolute atomic E-state index is 12.7. The molecule has 23 heavy (non-hydrogen) atoms. The lowest BCUT2D eigenvalue weighted by molar-refractivity contribution is 0.0762. The van der Waals surface area contributed by atoms with Crippen molar-refractivity contribution in [3.8, 4) is 0 Å². The number of carbonyl (C=O) groups excluding carboxylic acids is 1. The molecule has 0 aliphatic carbocycles. The largest absolute Gasteiger partial charge is 0.339 e. The molecule has 1 aromatic heterocycles. The highest BCUT2D eigenvalue weighted by Gasteiger charge is 2.17. The van der Waals surface area contributed by atoms with Gasteiger partial charge in [-0.05, 0) is 43.2 Å². The van der Waals surface area contributed by atoms with Crippen LogP contribution in [-0.4, -0.2) is 33.9 Å². The third kappa shape index (κ3) is 2.77. The van der Waals surface area contributed by atoms with Crippen LogP contribution in [0.5, 0.6) is 0 Å². The zero-order valence-corrected chi connectivity index (χ0v) is 13.0. The highest BCUT2D eigenvalue weighted by Crippen LogP contribution is 2.19. The molecular weight excluding hydrogens is 286 g/mol. The van der Waals surface area contributed by atoms with E-state index in [0.717, 1.165) is 48.0 Å². The predicted molar refractivity (Wildman–Crippen MR) is 91.4 cm³/mol. The Hall–Kier alpha value is -2.49. The molecule has 0 unspecified atom stereocenters. The molecule has 3 aromatic rings. The molecule has 1 amide bonds. The molecule has 1 aliphatic rings. The molecule has 4 rings (SSSR count). The van der Waals surface area contributed by atoms with E-state index in [1.165, 1.54) is 12.8 Å². The first-order valence-electron chi connectivity index (χ1n) is 8.27. The van der Waals surface area contributed by atoms with Crippen molar-refractivity contribution in [2.75, 3.05) is 13.1 Å². The van der Waals surface area contributed by atoms with Gasteiger partial charge < -0.3 is 4.90 Å². The smallest absolute Gasteiger partial charge is 0.253 e. The van der Waals surface area contributed by atoms with Gasteiger partial charge in [-0.25, -0.2) is 9.97 Å². The molecule has 0 bridgehead atoms. The van der Waals surface area contributed by atoms with Gasteiger partial charge in [0.05, 0.1) is 22.1 Å². The number of likely N-dealkylation sites (tertiary alicyclic amines) is 1. The van der Waals surface area contributed by atoms with Gasteiger partial charge >= 0.3 is 0 Å². The minimum atomic E-state index is 0.115. The van der Waals surface area contributed by atoms with Crippen LogP contribution in [-0.2, 0) is 0 Å². The van der Waals surface area contributed by atoms with Crippen LogP contribution in [0.25, 0.3) is 22.1 Å². The molecule has 4 heteroatoms. The normalized spacial score (nSPS) is 15.7. The van der Waals surface area contributed by atoms with Gasteiger partial charge in [-0.2, -0.15) is 0 Å². The number of amides is 1. The summed E-state index contributed by atoms with van der Waals surface area (Å²) >= 11 is 0. The van der Waals surface area contributed by atoms with E-state index in [-0.39, 0.29) is 5.91 Å². The van der Waals surface area contributed by atoms with E-state index in [4.69, 9.17) is 0 Å². The van der Waals surface area contributed by atoms with Gasteiger partial charge in [-0.1, -0.05) is 25.0 Å². The zero-order chi connectivity index (χ0) is 15.6. The van der Waals surface area contributed by atoms with Crippen molar-refractivity contribution in [3.63, 3.8) is 0 Å². The Bertz CT molecular complexity index is 867. The molecule has 1 saturated heterocycles. The molecular formula is C19H19N3O. The number of rotatable bonds is 1. The average molecular weight is 305 g/mol. The molecule has 0 N–H and O–H groups in total. The summed E-state index contributed by atoms with van der Waals surface area (Å²) in [5.74, 6) is 0.115. The van der Waals surface area contributed by atoms with E-state index in [1.54, 1.807) is 0 Å². The van der Waals surface area contributed by atoms with Crippen LogP contribution < -0.4 is 0 Å². The van der Waals surface area contributed by atoms with Gasteiger partial charge in [0, 0.05) is 18.7 Å². The molecule has 0 atom stereocenters. The van der Waals surface area contributed by atoms with Crippen LogP contribution in [0.15, 0.2) is 42.5 Å². The molecule has 116 valence electrons. The lowest BCUT2D eigenvalue weighted by atomic mass is 10.1. The van der Waals surface area contributed by atoms with Crippen molar-refractivity contribution in [1.82, 2.24) is 14.9 Å². The van der Waals surface area contributed by atoms with Gasteiger partial charge in [0.1, 0.15) is 0 Å². The average Bonchev–Trinajstić information content (AvgIpc) is 2.88. The monoisotopic (exact) mass is 305 g/mol.